The molecule has 0 saturated carbocycles. The molecule has 0 aliphatic rings. The maximum absolute atomic E-state index is 12.6. The van der Waals surface area contributed by atoms with Crippen LogP contribution in [0.25, 0.3) is 6.08 Å². The van der Waals surface area contributed by atoms with Gasteiger partial charge in [-0.2, -0.15) is 5.26 Å². The lowest BCUT2D eigenvalue weighted by molar-refractivity contribution is -0.118. The van der Waals surface area contributed by atoms with Crippen molar-refractivity contribution in [3.63, 3.8) is 0 Å². The quantitative estimate of drug-likeness (QED) is 0.304. The third-order valence-electron chi connectivity index (χ3n) is 4.98. The molecule has 0 aliphatic carbocycles. The first-order chi connectivity index (χ1) is 16.3. The van der Waals surface area contributed by atoms with Gasteiger partial charge in [-0.3, -0.25) is 9.59 Å². The van der Waals surface area contributed by atoms with Crippen molar-refractivity contribution < 1.29 is 14.3 Å². The predicted molar refractivity (Wildman–Crippen MR) is 135 cm³/mol. The molecule has 0 spiro atoms. The molecular weight excluding hydrogens is 473 g/mol. The molecule has 6 nitrogen and oxygen atoms in total. The van der Waals surface area contributed by atoms with Gasteiger partial charge in [-0.25, -0.2) is 0 Å². The number of hydrogen-bond acceptors (Lipinski definition) is 4. The van der Waals surface area contributed by atoms with E-state index in [0.717, 1.165) is 11.1 Å². The lowest BCUT2D eigenvalue weighted by atomic mass is 10.1. The molecule has 0 aliphatic heterocycles. The molecule has 8 heteroatoms. The van der Waals surface area contributed by atoms with Crippen LogP contribution in [0.1, 0.15) is 16.7 Å². The largest absolute Gasteiger partial charge is 0.484 e. The average molecular weight is 494 g/mol. The van der Waals surface area contributed by atoms with Crippen LogP contribution in [0, 0.1) is 25.2 Å². The van der Waals surface area contributed by atoms with Crippen molar-refractivity contribution in [2.75, 3.05) is 17.2 Å². The number of nitriles is 1. The van der Waals surface area contributed by atoms with Gasteiger partial charge in [0.25, 0.3) is 11.8 Å². The van der Waals surface area contributed by atoms with E-state index in [2.05, 4.69) is 10.6 Å². The average Bonchev–Trinajstić information content (AvgIpc) is 2.82. The smallest absolute Gasteiger partial charge is 0.266 e. The number of anilines is 2. The number of aryl methyl sites for hydroxylation is 1. The summed E-state index contributed by atoms with van der Waals surface area (Å²) in [6.07, 6.45) is 1.49. The fraction of sp³-hybridized carbons (Fsp3) is 0.115. The molecule has 0 fully saturated rings. The molecule has 3 aromatic carbocycles. The molecule has 0 radical (unpaired) electrons. The highest BCUT2D eigenvalue weighted by Crippen LogP contribution is 2.25. The molecule has 34 heavy (non-hydrogen) atoms. The fourth-order valence-corrected chi connectivity index (χ4v) is 3.27. The Labute approximate surface area is 207 Å². The molecule has 3 aromatic rings. The van der Waals surface area contributed by atoms with Crippen LogP contribution in [0.2, 0.25) is 10.0 Å². The molecule has 0 atom stereocenters. The van der Waals surface area contributed by atoms with Gasteiger partial charge in [0, 0.05) is 11.4 Å². The van der Waals surface area contributed by atoms with Crippen LogP contribution >= 0.6 is 23.2 Å². The van der Waals surface area contributed by atoms with Gasteiger partial charge < -0.3 is 15.4 Å². The van der Waals surface area contributed by atoms with Gasteiger partial charge in [0.1, 0.15) is 17.4 Å². The summed E-state index contributed by atoms with van der Waals surface area (Å²) < 4.78 is 5.50. The summed E-state index contributed by atoms with van der Waals surface area (Å²) >= 11 is 11.8. The van der Waals surface area contributed by atoms with Gasteiger partial charge in [0.2, 0.25) is 0 Å². The second kappa shape index (κ2) is 11.4. The lowest BCUT2D eigenvalue weighted by Gasteiger charge is -2.10. The molecule has 0 heterocycles. The zero-order valence-electron chi connectivity index (χ0n) is 18.5. The highest BCUT2D eigenvalue weighted by molar-refractivity contribution is 6.42. The summed E-state index contributed by atoms with van der Waals surface area (Å²) in [7, 11) is 0. The Kier molecular flexibility index (Phi) is 8.31. The van der Waals surface area contributed by atoms with Crippen LogP contribution in [-0.2, 0) is 9.59 Å². The third kappa shape index (κ3) is 6.61. The van der Waals surface area contributed by atoms with Gasteiger partial charge in [-0.1, -0.05) is 47.5 Å². The lowest BCUT2D eigenvalue weighted by Crippen LogP contribution is -2.20. The number of rotatable bonds is 7. The van der Waals surface area contributed by atoms with Crippen molar-refractivity contribution in [1.29, 1.82) is 5.26 Å². The van der Waals surface area contributed by atoms with Crippen LogP contribution in [0.3, 0.4) is 0 Å². The monoisotopic (exact) mass is 493 g/mol. The summed E-state index contributed by atoms with van der Waals surface area (Å²) in [5, 5.41) is 15.6. The second-order valence-electron chi connectivity index (χ2n) is 7.41. The first-order valence-corrected chi connectivity index (χ1v) is 11.0. The van der Waals surface area contributed by atoms with E-state index in [1.54, 1.807) is 48.5 Å². The minimum atomic E-state index is -0.490. The van der Waals surface area contributed by atoms with Crippen LogP contribution in [-0.4, -0.2) is 18.4 Å². The van der Waals surface area contributed by atoms with Crippen LogP contribution in [0.4, 0.5) is 11.4 Å². The molecular formula is C26H21Cl2N3O3. The van der Waals surface area contributed by atoms with Crippen molar-refractivity contribution in [2.45, 2.75) is 13.8 Å². The SMILES string of the molecule is Cc1cccc(NC(=O)C(C#N)=Cc2ccc(OCC(=O)Nc3ccc(Cl)c(Cl)c3)cc2)c1C. The van der Waals surface area contributed by atoms with Crippen LogP contribution in [0.5, 0.6) is 5.75 Å². The summed E-state index contributed by atoms with van der Waals surface area (Å²) in [5.74, 6) is -0.396. The first-order valence-electron chi connectivity index (χ1n) is 10.2. The van der Waals surface area contributed by atoms with E-state index in [4.69, 9.17) is 27.9 Å². The fourth-order valence-electron chi connectivity index (χ4n) is 2.97. The number of hydrogen-bond donors (Lipinski definition) is 2. The highest BCUT2D eigenvalue weighted by Gasteiger charge is 2.12. The van der Waals surface area contributed by atoms with E-state index in [9.17, 15) is 14.9 Å². The van der Waals surface area contributed by atoms with E-state index in [1.807, 2.05) is 32.0 Å². The minimum absolute atomic E-state index is 0.0319. The normalized spacial score (nSPS) is 10.9. The molecule has 0 aromatic heterocycles. The number of benzene rings is 3. The molecule has 2 N–H and O–H groups in total. The topological polar surface area (TPSA) is 91.2 Å². The Morgan fingerprint density at radius 1 is 1.00 bits per heavy atom. The molecule has 0 saturated heterocycles. The van der Waals surface area contributed by atoms with Gasteiger partial charge in [-0.05, 0) is 73.0 Å². The van der Waals surface area contributed by atoms with E-state index in [-0.39, 0.29) is 18.1 Å². The third-order valence-corrected chi connectivity index (χ3v) is 5.72. The minimum Gasteiger partial charge on any atom is -0.484 e. The molecule has 172 valence electrons. The Morgan fingerprint density at radius 2 is 1.74 bits per heavy atom. The van der Waals surface area contributed by atoms with Crippen molar-refractivity contribution in [3.8, 4) is 11.8 Å². The summed E-state index contributed by atoms with van der Waals surface area (Å²) in [6.45, 7) is 3.65. The van der Waals surface area contributed by atoms with Crippen molar-refractivity contribution in [2.24, 2.45) is 0 Å². The van der Waals surface area contributed by atoms with Crippen LogP contribution < -0.4 is 15.4 Å². The second-order valence-corrected chi connectivity index (χ2v) is 8.22. The van der Waals surface area contributed by atoms with Gasteiger partial charge in [-0.15, -0.1) is 0 Å². The van der Waals surface area contributed by atoms with E-state index in [1.165, 1.54) is 6.08 Å². The number of nitrogens with zero attached hydrogens (tertiary/aromatic N) is 1. The van der Waals surface area contributed by atoms with Gasteiger partial charge in [0.15, 0.2) is 6.61 Å². The Bertz CT molecular complexity index is 1300. The van der Waals surface area contributed by atoms with Crippen molar-refractivity contribution >= 4 is 52.5 Å². The summed E-state index contributed by atoms with van der Waals surface area (Å²) in [6, 6.07) is 19.0. The van der Waals surface area contributed by atoms with Crippen LogP contribution in [0.15, 0.2) is 66.2 Å². The van der Waals surface area contributed by atoms with E-state index >= 15 is 0 Å². The predicted octanol–water partition coefficient (Wildman–Crippen LogP) is 6.17. The van der Waals surface area contributed by atoms with Crippen molar-refractivity contribution in [1.82, 2.24) is 0 Å². The standard InChI is InChI=1S/C26H21Cl2N3O3/c1-16-4-3-5-24(17(16)2)31-26(33)19(14-29)12-18-6-9-21(10-7-18)34-15-25(32)30-20-8-11-22(27)23(28)13-20/h3-13H,15H2,1-2H3,(H,30,32)(H,31,33). The molecule has 2 amide bonds. The first kappa shape index (κ1) is 24.8. The zero-order chi connectivity index (χ0) is 24.7. The Balaban J connectivity index is 1.59. The molecule has 0 unspecified atom stereocenters. The number of halogens is 2. The maximum Gasteiger partial charge on any atom is 0.266 e. The van der Waals surface area contributed by atoms with Gasteiger partial charge >= 0.3 is 0 Å². The number of ether oxygens (including phenoxy) is 1. The van der Waals surface area contributed by atoms with Crippen molar-refractivity contribution in [3.05, 3.63) is 93.0 Å². The zero-order valence-corrected chi connectivity index (χ0v) is 20.0. The molecule has 3 rings (SSSR count). The number of amides is 2. The summed E-state index contributed by atoms with van der Waals surface area (Å²) in [5.41, 5.74) is 3.76. The Morgan fingerprint density at radius 3 is 2.41 bits per heavy atom. The number of carbonyl (C=O) groups excluding carboxylic acids is 2. The van der Waals surface area contributed by atoms with E-state index in [0.29, 0.717) is 32.7 Å². The van der Waals surface area contributed by atoms with Gasteiger partial charge in [0.05, 0.1) is 10.0 Å². The number of carbonyl (C=O) groups is 2. The Hall–Kier alpha value is -3.79. The molecule has 0 bridgehead atoms. The van der Waals surface area contributed by atoms with E-state index < -0.39 is 5.91 Å². The maximum atomic E-state index is 12.6. The highest BCUT2D eigenvalue weighted by atomic mass is 35.5. The number of nitrogens with one attached hydrogen (secondary N) is 2. The summed E-state index contributed by atoms with van der Waals surface area (Å²) in [4.78, 5) is 24.7.